The van der Waals surface area contributed by atoms with Crippen LogP contribution in [-0.2, 0) is 19.6 Å². The maximum absolute atomic E-state index is 11.8. The zero-order chi connectivity index (χ0) is 16.8. The number of hydrogen-bond acceptors (Lipinski definition) is 4. The van der Waals surface area contributed by atoms with Gasteiger partial charge in [-0.1, -0.05) is 30.3 Å². The number of hydrogen-bond donors (Lipinski definition) is 2. The molecule has 124 valence electrons. The monoisotopic (exact) mass is 341 g/mol. The Labute approximate surface area is 124 Å². The van der Waals surface area contributed by atoms with Gasteiger partial charge < -0.3 is 9.84 Å². The number of benzene rings is 1. The van der Waals surface area contributed by atoms with Crippen LogP contribution in [0.1, 0.15) is 11.6 Å². The predicted octanol–water partition coefficient (Wildman–Crippen LogP) is 1.31. The maximum Gasteiger partial charge on any atom is 0.411 e. The predicted molar refractivity (Wildman–Crippen MR) is 70.6 cm³/mol. The normalized spacial score (nSPS) is 13.8. The Kier molecular flexibility index (Phi) is 6.33. The number of carboxylic acid groups (broad SMARTS) is 1. The van der Waals surface area contributed by atoms with E-state index in [0.717, 1.165) is 0 Å². The molecular weight excluding hydrogens is 327 g/mol. The van der Waals surface area contributed by atoms with Crippen molar-refractivity contribution in [1.82, 2.24) is 4.72 Å². The SMILES string of the molecule is O=C(O)[C@H](NS(=O)(=O)CCOCC(F)(F)F)c1ccccc1. The van der Waals surface area contributed by atoms with E-state index in [2.05, 4.69) is 4.74 Å². The van der Waals surface area contributed by atoms with Gasteiger partial charge in [0.2, 0.25) is 10.0 Å². The molecule has 0 radical (unpaired) electrons. The lowest BCUT2D eigenvalue weighted by molar-refractivity contribution is -0.172. The van der Waals surface area contributed by atoms with E-state index >= 15 is 0 Å². The molecule has 2 N–H and O–H groups in total. The highest BCUT2D eigenvalue weighted by Gasteiger charge is 2.28. The zero-order valence-corrected chi connectivity index (χ0v) is 12.0. The molecule has 0 saturated carbocycles. The fourth-order valence-corrected chi connectivity index (χ4v) is 2.55. The third kappa shape index (κ3) is 6.87. The second-order valence-corrected chi connectivity index (χ2v) is 6.16. The van der Waals surface area contributed by atoms with Crippen LogP contribution < -0.4 is 4.72 Å². The van der Waals surface area contributed by atoms with Gasteiger partial charge in [0.1, 0.15) is 12.6 Å². The first-order valence-electron chi connectivity index (χ1n) is 6.03. The number of sulfonamides is 1. The van der Waals surface area contributed by atoms with Gasteiger partial charge in [0, 0.05) is 0 Å². The Morgan fingerprint density at radius 1 is 1.27 bits per heavy atom. The summed E-state index contributed by atoms with van der Waals surface area (Å²) in [4.78, 5) is 11.1. The van der Waals surface area contributed by atoms with E-state index in [4.69, 9.17) is 5.11 Å². The molecule has 1 aromatic carbocycles. The van der Waals surface area contributed by atoms with E-state index in [1.807, 2.05) is 4.72 Å². The molecule has 0 saturated heterocycles. The summed E-state index contributed by atoms with van der Waals surface area (Å²) < 4.78 is 65.1. The number of halogens is 3. The number of carbonyl (C=O) groups is 1. The Morgan fingerprint density at radius 2 is 1.86 bits per heavy atom. The number of rotatable bonds is 8. The quantitative estimate of drug-likeness (QED) is 0.696. The van der Waals surface area contributed by atoms with E-state index in [0.29, 0.717) is 0 Å². The van der Waals surface area contributed by atoms with Crippen molar-refractivity contribution in [2.45, 2.75) is 12.2 Å². The summed E-state index contributed by atoms with van der Waals surface area (Å²) in [5.74, 6) is -2.20. The van der Waals surface area contributed by atoms with Crippen molar-refractivity contribution in [3.63, 3.8) is 0 Å². The molecule has 0 amide bonds. The van der Waals surface area contributed by atoms with Crippen molar-refractivity contribution in [3.8, 4) is 0 Å². The van der Waals surface area contributed by atoms with Gasteiger partial charge in [0.15, 0.2) is 0 Å². The van der Waals surface area contributed by atoms with E-state index in [-0.39, 0.29) is 5.56 Å². The summed E-state index contributed by atoms with van der Waals surface area (Å²) >= 11 is 0. The Hall–Kier alpha value is -1.65. The highest BCUT2D eigenvalue weighted by molar-refractivity contribution is 7.89. The number of carboxylic acids is 1. The van der Waals surface area contributed by atoms with Crippen molar-refractivity contribution in [1.29, 1.82) is 0 Å². The summed E-state index contributed by atoms with van der Waals surface area (Å²) in [7, 11) is -4.11. The molecule has 1 rings (SSSR count). The molecule has 0 aromatic heterocycles. The molecule has 0 unspecified atom stereocenters. The third-order valence-electron chi connectivity index (χ3n) is 2.44. The van der Waals surface area contributed by atoms with Gasteiger partial charge in [-0.2, -0.15) is 17.9 Å². The third-order valence-corrected chi connectivity index (χ3v) is 3.74. The topological polar surface area (TPSA) is 92.7 Å². The van der Waals surface area contributed by atoms with Crippen LogP contribution in [-0.4, -0.2) is 44.6 Å². The van der Waals surface area contributed by atoms with Gasteiger partial charge in [-0.25, -0.2) is 8.42 Å². The lowest BCUT2D eigenvalue weighted by atomic mass is 10.1. The molecule has 10 heteroatoms. The molecule has 0 spiro atoms. The summed E-state index contributed by atoms with van der Waals surface area (Å²) in [6, 6.07) is 6.01. The van der Waals surface area contributed by atoms with Crippen LogP contribution in [0.4, 0.5) is 13.2 Å². The van der Waals surface area contributed by atoms with Gasteiger partial charge in [0.25, 0.3) is 0 Å². The minimum atomic E-state index is -4.55. The van der Waals surface area contributed by atoms with Crippen molar-refractivity contribution in [2.75, 3.05) is 19.0 Å². The number of ether oxygens (including phenoxy) is 1. The van der Waals surface area contributed by atoms with Crippen LogP contribution in [0.15, 0.2) is 30.3 Å². The average molecular weight is 341 g/mol. The molecule has 0 heterocycles. The molecule has 0 aliphatic heterocycles. The van der Waals surface area contributed by atoms with Gasteiger partial charge in [-0.15, -0.1) is 0 Å². The Balaban J connectivity index is 2.63. The van der Waals surface area contributed by atoms with E-state index in [9.17, 15) is 26.4 Å². The molecular formula is C12H14F3NO5S. The van der Waals surface area contributed by atoms with E-state index in [1.54, 1.807) is 6.07 Å². The summed E-state index contributed by atoms with van der Waals surface area (Å²) in [5.41, 5.74) is 0.204. The van der Waals surface area contributed by atoms with Crippen LogP contribution >= 0.6 is 0 Å². The Bertz CT molecular complexity index is 589. The molecule has 0 aliphatic carbocycles. The molecule has 1 aromatic rings. The highest BCUT2D eigenvalue weighted by Crippen LogP contribution is 2.15. The molecule has 6 nitrogen and oxygen atoms in total. The van der Waals surface area contributed by atoms with Crippen molar-refractivity contribution < 1.29 is 36.2 Å². The Morgan fingerprint density at radius 3 is 2.36 bits per heavy atom. The van der Waals surface area contributed by atoms with Crippen LogP contribution in [0, 0.1) is 0 Å². The second kappa shape index (κ2) is 7.56. The lowest BCUT2D eigenvalue weighted by Gasteiger charge is -2.15. The average Bonchev–Trinajstić information content (AvgIpc) is 2.41. The first kappa shape index (κ1) is 18.4. The van der Waals surface area contributed by atoms with E-state index in [1.165, 1.54) is 24.3 Å². The number of aliphatic carboxylic acids is 1. The first-order valence-corrected chi connectivity index (χ1v) is 7.68. The fourth-order valence-electron chi connectivity index (χ4n) is 1.50. The van der Waals surface area contributed by atoms with Crippen LogP contribution in [0.5, 0.6) is 0 Å². The van der Waals surface area contributed by atoms with Crippen LogP contribution in [0.2, 0.25) is 0 Å². The summed E-state index contributed by atoms with van der Waals surface area (Å²) in [5, 5.41) is 9.06. The molecule has 0 bridgehead atoms. The van der Waals surface area contributed by atoms with Crippen molar-refractivity contribution >= 4 is 16.0 Å². The molecule has 0 fully saturated rings. The number of nitrogens with one attached hydrogen (secondary N) is 1. The van der Waals surface area contributed by atoms with Crippen molar-refractivity contribution in [2.24, 2.45) is 0 Å². The van der Waals surface area contributed by atoms with Crippen LogP contribution in [0.3, 0.4) is 0 Å². The maximum atomic E-state index is 11.8. The largest absolute Gasteiger partial charge is 0.480 e. The van der Waals surface area contributed by atoms with Crippen LogP contribution in [0.25, 0.3) is 0 Å². The smallest absolute Gasteiger partial charge is 0.411 e. The zero-order valence-electron chi connectivity index (χ0n) is 11.2. The van der Waals surface area contributed by atoms with E-state index < -0.39 is 47.2 Å². The lowest BCUT2D eigenvalue weighted by Crippen LogP contribution is -2.36. The standard InChI is InChI=1S/C12H14F3NO5S/c13-12(14,15)8-21-6-7-22(19,20)16-10(11(17)18)9-4-2-1-3-5-9/h1-5,10,16H,6-8H2,(H,17,18)/t10-/m1/s1. The minimum Gasteiger partial charge on any atom is -0.480 e. The van der Waals surface area contributed by atoms with Gasteiger partial charge in [-0.05, 0) is 5.56 Å². The highest BCUT2D eigenvalue weighted by atomic mass is 32.2. The number of alkyl halides is 3. The minimum absolute atomic E-state index is 0.204. The molecule has 22 heavy (non-hydrogen) atoms. The fraction of sp³-hybridized carbons (Fsp3) is 0.417. The molecule has 0 aliphatic rings. The summed E-state index contributed by atoms with van der Waals surface area (Å²) in [6.45, 7) is -2.26. The van der Waals surface area contributed by atoms with Gasteiger partial charge in [-0.3, -0.25) is 4.79 Å². The second-order valence-electron chi connectivity index (χ2n) is 4.29. The first-order chi connectivity index (χ1) is 10.1. The molecule has 1 atom stereocenters. The van der Waals surface area contributed by atoms with Crippen molar-refractivity contribution in [3.05, 3.63) is 35.9 Å². The van der Waals surface area contributed by atoms with Gasteiger partial charge >= 0.3 is 12.1 Å². The van der Waals surface area contributed by atoms with Gasteiger partial charge in [0.05, 0.1) is 12.4 Å². The summed E-state index contributed by atoms with van der Waals surface area (Å²) in [6.07, 6.45) is -4.55.